The van der Waals surface area contributed by atoms with Crippen LogP contribution in [0, 0.1) is 11.8 Å². The van der Waals surface area contributed by atoms with E-state index in [-0.39, 0.29) is 22.2 Å². The van der Waals surface area contributed by atoms with E-state index in [1.54, 1.807) is 24.3 Å². The molecule has 2 aromatic rings. The number of aromatic nitrogens is 1. The van der Waals surface area contributed by atoms with E-state index in [0.29, 0.717) is 5.56 Å². The molecule has 0 saturated carbocycles. The van der Waals surface area contributed by atoms with Crippen LogP contribution < -0.4 is 10.5 Å². The molecule has 0 saturated heterocycles. The zero-order valence-electron chi connectivity index (χ0n) is 10.9. The Bertz CT molecular complexity index is 796. The van der Waals surface area contributed by atoms with Gasteiger partial charge >= 0.3 is 0 Å². The van der Waals surface area contributed by atoms with Crippen LogP contribution in [0.1, 0.15) is 5.56 Å². The molecular formula is C14H12ClN3O2S. The molecule has 108 valence electrons. The Kier molecular flexibility index (Phi) is 4.81. The Balaban J connectivity index is 2.35. The Hall–Kier alpha value is -2.07. The molecule has 0 aliphatic rings. The van der Waals surface area contributed by atoms with Crippen LogP contribution in [0.15, 0.2) is 47.6 Å². The van der Waals surface area contributed by atoms with Gasteiger partial charge in [0.1, 0.15) is 4.90 Å². The predicted molar refractivity (Wildman–Crippen MR) is 82.4 cm³/mol. The third-order valence-corrected chi connectivity index (χ3v) is 4.17. The van der Waals surface area contributed by atoms with E-state index < -0.39 is 10.0 Å². The van der Waals surface area contributed by atoms with Crippen LogP contribution in [0.25, 0.3) is 0 Å². The molecule has 3 N–H and O–H groups in total. The number of hydrogen-bond acceptors (Lipinski definition) is 4. The molecule has 1 heterocycles. The van der Waals surface area contributed by atoms with Gasteiger partial charge in [0.15, 0.2) is 0 Å². The molecule has 0 radical (unpaired) electrons. The number of hydrogen-bond donors (Lipinski definition) is 2. The number of nitrogens with one attached hydrogen (secondary N) is 1. The van der Waals surface area contributed by atoms with E-state index in [4.69, 9.17) is 17.3 Å². The Morgan fingerprint density at radius 3 is 2.81 bits per heavy atom. The molecule has 0 unspecified atom stereocenters. The van der Waals surface area contributed by atoms with Crippen molar-refractivity contribution in [3.8, 4) is 11.8 Å². The van der Waals surface area contributed by atoms with Crippen molar-refractivity contribution in [1.29, 1.82) is 0 Å². The average molecular weight is 322 g/mol. The quantitative estimate of drug-likeness (QED) is 0.845. The summed E-state index contributed by atoms with van der Waals surface area (Å²) < 4.78 is 26.8. The van der Waals surface area contributed by atoms with Gasteiger partial charge in [-0.2, -0.15) is 0 Å². The zero-order valence-corrected chi connectivity index (χ0v) is 12.4. The highest BCUT2D eigenvalue weighted by atomic mass is 35.5. The SMILES string of the molecule is NCC#Cc1ccc(Cl)c(NS(=O)(=O)c2cccnc2)c1. The fraction of sp³-hybridized carbons (Fsp3) is 0.0714. The van der Waals surface area contributed by atoms with E-state index in [1.807, 2.05) is 0 Å². The first-order chi connectivity index (χ1) is 10.0. The number of benzene rings is 1. The molecule has 0 aliphatic carbocycles. The van der Waals surface area contributed by atoms with Gasteiger partial charge in [0.2, 0.25) is 0 Å². The number of rotatable bonds is 3. The first kappa shape index (κ1) is 15.3. The number of nitrogens with zero attached hydrogens (tertiary/aromatic N) is 1. The lowest BCUT2D eigenvalue weighted by Gasteiger charge is -2.09. The van der Waals surface area contributed by atoms with Crippen molar-refractivity contribution in [1.82, 2.24) is 4.98 Å². The summed E-state index contributed by atoms with van der Waals surface area (Å²) in [6.07, 6.45) is 2.75. The van der Waals surface area contributed by atoms with Gasteiger partial charge in [0.05, 0.1) is 17.3 Å². The van der Waals surface area contributed by atoms with Crippen LogP contribution in [0.5, 0.6) is 0 Å². The van der Waals surface area contributed by atoms with Gasteiger partial charge in [0.25, 0.3) is 10.0 Å². The van der Waals surface area contributed by atoms with Crippen LogP contribution >= 0.6 is 11.6 Å². The van der Waals surface area contributed by atoms with Crippen LogP contribution in [-0.4, -0.2) is 19.9 Å². The lowest BCUT2D eigenvalue weighted by molar-refractivity contribution is 0.601. The van der Waals surface area contributed by atoms with E-state index in [2.05, 4.69) is 21.5 Å². The summed E-state index contributed by atoms with van der Waals surface area (Å²) in [7, 11) is -3.74. The maximum absolute atomic E-state index is 12.2. The van der Waals surface area contributed by atoms with Gasteiger partial charge in [-0.05, 0) is 30.3 Å². The summed E-state index contributed by atoms with van der Waals surface area (Å²) in [5.41, 5.74) is 6.18. The molecule has 21 heavy (non-hydrogen) atoms. The maximum Gasteiger partial charge on any atom is 0.263 e. The van der Waals surface area contributed by atoms with E-state index >= 15 is 0 Å². The van der Waals surface area contributed by atoms with Crippen molar-refractivity contribution in [2.75, 3.05) is 11.3 Å². The molecule has 0 bridgehead atoms. The molecule has 2 rings (SSSR count). The highest BCUT2D eigenvalue weighted by molar-refractivity contribution is 7.92. The molecule has 0 amide bonds. The van der Waals surface area contributed by atoms with Crippen molar-refractivity contribution < 1.29 is 8.42 Å². The fourth-order valence-electron chi connectivity index (χ4n) is 1.54. The number of sulfonamides is 1. The molecule has 0 atom stereocenters. The van der Waals surface area contributed by atoms with Crippen LogP contribution in [0.4, 0.5) is 5.69 Å². The zero-order chi connectivity index (χ0) is 15.3. The Morgan fingerprint density at radius 2 is 2.14 bits per heavy atom. The second kappa shape index (κ2) is 6.59. The average Bonchev–Trinajstić information content (AvgIpc) is 2.49. The fourth-order valence-corrected chi connectivity index (χ4v) is 2.80. The maximum atomic E-state index is 12.2. The standard InChI is InChI=1S/C14H12ClN3O2S/c15-13-6-5-11(3-1-7-16)9-14(13)18-21(19,20)12-4-2-8-17-10-12/h2,4-6,8-10,18H,7,16H2. The van der Waals surface area contributed by atoms with E-state index in [1.165, 1.54) is 18.5 Å². The van der Waals surface area contributed by atoms with Crippen molar-refractivity contribution in [2.24, 2.45) is 5.73 Å². The van der Waals surface area contributed by atoms with Gasteiger partial charge < -0.3 is 5.73 Å². The minimum Gasteiger partial charge on any atom is -0.320 e. The summed E-state index contributed by atoms with van der Waals surface area (Å²) in [6, 6.07) is 7.80. The largest absolute Gasteiger partial charge is 0.320 e. The topological polar surface area (TPSA) is 85.1 Å². The summed E-state index contributed by atoms with van der Waals surface area (Å²) in [4.78, 5) is 3.84. The minimum atomic E-state index is -3.74. The van der Waals surface area contributed by atoms with Crippen molar-refractivity contribution >= 4 is 27.3 Å². The molecule has 5 nitrogen and oxygen atoms in total. The molecule has 0 aliphatic heterocycles. The number of halogens is 1. The Labute approximate surface area is 128 Å². The van der Waals surface area contributed by atoms with Crippen LogP contribution in [0.2, 0.25) is 5.02 Å². The normalized spacial score (nSPS) is 10.6. The molecule has 0 spiro atoms. The van der Waals surface area contributed by atoms with Crippen LogP contribution in [-0.2, 0) is 10.0 Å². The first-order valence-electron chi connectivity index (χ1n) is 5.94. The third-order valence-electron chi connectivity index (χ3n) is 2.49. The van der Waals surface area contributed by atoms with Crippen LogP contribution in [0.3, 0.4) is 0 Å². The number of anilines is 1. The van der Waals surface area contributed by atoms with Gasteiger partial charge in [-0.1, -0.05) is 23.4 Å². The summed E-state index contributed by atoms with van der Waals surface area (Å²) in [5.74, 6) is 5.51. The van der Waals surface area contributed by atoms with E-state index in [9.17, 15) is 8.42 Å². The predicted octanol–water partition coefficient (Wildman–Crippen LogP) is 1.85. The molecule has 7 heteroatoms. The minimum absolute atomic E-state index is 0.0551. The molecule has 1 aromatic carbocycles. The van der Waals surface area contributed by atoms with Crippen molar-refractivity contribution in [3.05, 3.63) is 53.3 Å². The monoisotopic (exact) mass is 321 g/mol. The number of pyridine rings is 1. The molecule has 1 aromatic heterocycles. The Morgan fingerprint density at radius 1 is 1.33 bits per heavy atom. The second-order valence-corrected chi connectivity index (χ2v) is 6.08. The van der Waals surface area contributed by atoms with Crippen molar-refractivity contribution in [2.45, 2.75) is 4.90 Å². The lowest BCUT2D eigenvalue weighted by atomic mass is 10.2. The summed E-state index contributed by atoms with van der Waals surface area (Å²) in [5, 5.41) is 0.278. The molecular weight excluding hydrogens is 310 g/mol. The lowest BCUT2D eigenvalue weighted by Crippen LogP contribution is -2.13. The van der Waals surface area contributed by atoms with Crippen molar-refractivity contribution in [3.63, 3.8) is 0 Å². The van der Waals surface area contributed by atoms with E-state index in [0.717, 1.165) is 0 Å². The highest BCUT2D eigenvalue weighted by Crippen LogP contribution is 2.25. The van der Waals surface area contributed by atoms with Gasteiger partial charge in [-0.25, -0.2) is 8.42 Å². The first-order valence-corrected chi connectivity index (χ1v) is 7.80. The van der Waals surface area contributed by atoms with Gasteiger partial charge in [-0.3, -0.25) is 9.71 Å². The molecule has 0 fully saturated rings. The van der Waals surface area contributed by atoms with Gasteiger partial charge in [0, 0.05) is 18.0 Å². The second-order valence-electron chi connectivity index (χ2n) is 3.99. The number of nitrogens with two attached hydrogens (primary N) is 1. The third kappa shape index (κ3) is 3.95. The summed E-state index contributed by atoms with van der Waals surface area (Å²) >= 11 is 6.01. The summed E-state index contributed by atoms with van der Waals surface area (Å²) in [6.45, 7) is 0.222. The van der Waals surface area contributed by atoms with Gasteiger partial charge in [-0.15, -0.1) is 0 Å². The highest BCUT2D eigenvalue weighted by Gasteiger charge is 2.15. The smallest absolute Gasteiger partial charge is 0.263 e.